The van der Waals surface area contributed by atoms with Crippen molar-refractivity contribution in [1.82, 2.24) is 0 Å². The average Bonchev–Trinajstić information content (AvgIpc) is 2.47. The van der Waals surface area contributed by atoms with Crippen molar-refractivity contribution in [2.75, 3.05) is 6.61 Å². The average molecular weight is 288 g/mol. The van der Waals surface area contributed by atoms with Crippen LogP contribution in [0.4, 0.5) is 4.39 Å². The largest absolute Gasteiger partial charge is 0.493 e. The minimum absolute atomic E-state index is 0.298. The van der Waals surface area contributed by atoms with E-state index in [1.54, 1.807) is 19.1 Å². The highest BCUT2D eigenvalue weighted by atomic mass is 19.1. The maximum atomic E-state index is 13.7. The van der Waals surface area contributed by atoms with Crippen molar-refractivity contribution in [3.63, 3.8) is 0 Å². The number of hydrogen-bond donors (Lipinski definition) is 1. The summed E-state index contributed by atoms with van der Waals surface area (Å²) in [6, 6.07) is 14.9. The van der Waals surface area contributed by atoms with E-state index in [9.17, 15) is 9.50 Å². The van der Waals surface area contributed by atoms with Crippen molar-refractivity contribution in [1.29, 1.82) is 0 Å². The van der Waals surface area contributed by atoms with Gasteiger partial charge in [0.25, 0.3) is 0 Å². The molecule has 0 aliphatic rings. The van der Waals surface area contributed by atoms with Gasteiger partial charge in [0.05, 0.1) is 12.7 Å². The van der Waals surface area contributed by atoms with Crippen molar-refractivity contribution < 1.29 is 14.2 Å². The van der Waals surface area contributed by atoms with Crippen molar-refractivity contribution in [3.05, 3.63) is 65.5 Å². The molecule has 0 unspecified atom stereocenters. The Hall–Kier alpha value is -1.87. The molecule has 2 rings (SSSR count). The van der Waals surface area contributed by atoms with E-state index in [0.717, 1.165) is 19.3 Å². The molecular weight excluding hydrogens is 267 g/mol. The SMILES string of the molecule is C[C@H](O)c1ccc(OCCCCc2ccccc2)cc1F. The van der Waals surface area contributed by atoms with Crippen molar-refractivity contribution in [2.24, 2.45) is 0 Å². The second kappa shape index (κ2) is 7.79. The molecule has 0 radical (unpaired) electrons. The molecule has 0 bridgehead atoms. The van der Waals surface area contributed by atoms with Crippen molar-refractivity contribution in [3.8, 4) is 5.75 Å². The lowest BCUT2D eigenvalue weighted by atomic mass is 10.1. The van der Waals surface area contributed by atoms with Gasteiger partial charge in [-0.1, -0.05) is 30.3 Å². The molecule has 0 aromatic heterocycles. The summed E-state index contributed by atoms with van der Waals surface area (Å²) in [5.74, 6) is 0.0865. The summed E-state index contributed by atoms with van der Waals surface area (Å²) in [4.78, 5) is 0. The standard InChI is InChI=1S/C18H21FO2/c1-14(20)17-11-10-16(13-18(17)19)21-12-6-5-9-15-7-3-2-4-8-15/h2-4,7-8,10-11,13-14,20H,5-6,9,12H2,1H3/t14-/m0/s1. The minimum Gasteiger partial charge on any atom is -0.493 e. The fourth-order valence-corrected chi connectivity index (χ4v) is 2.20. The number of halogens is 1. The lowest BCUT2D eigenvalue weighted by Gasteiger charge is -2.10. The second-order valence-corrected chi connectivity index (χ2v) is 5.15. The van der Waals surface area contributed by atoms with E-state index in [2.05, 4.69) is 12.1 Å². The Kier molecular flexibility index (Phi) is 5.76. The fourth-order valence-electron chi connectivity index (χ4n) is 2.20. The lowest BCUT2D eigenvalue weighted by molar-refractivity contribution is 0.194. The Morgan fingerprint density at radius 3 is 2.52 bits per heavy atom. The van der Waals surface area contributed by atoms with Crippen molar-refractivity contribution >= 4 is 0 Å². The van der Waals surface area contributed by atoms with Gasteiger partial charge in [-0.3, -0.25) is 0 Å². The van der Waals surface area contributed by atoms with Gasteiger partial charge in [0.15, 0.2) is 0 Å². The molecule has 0 saturated carbocycles. The van der Waals surface area contributed by atoms with Crippen LogP contribution in [-0.2, 0) is 6.42 Å². The van der Waals surface area contributed by atoms with Gasteiger partial charge in [0.2, 0.25) is 0 Å². The zero-order valence-corrected chi connectivity index (χ0v) is 12.3. The van der Waals surface area contributed by atoms with Gasteiger partial charge in [-0.15, -0.1) is 0 Å². The predicted molar refractivity (Wildman–Crippen MR) is 81.9 cm³/mol. The number of rotatable bonds is 7. The maximum Gasteiger partial charge on any atom is 0.132 e. The summed E-state index contributed by atoms with van der Waals surface area (Å²) in [5.41, 5.74) is 1.62. The molecule has 0 amide bonds. The smallest absolute Gasteiger partial charge is 0.132 e. The Labute approximate surface area is 125 Å². The summed E-state index contributed by atoms with van der Waals surface area (Å²) in [6.45, 7) is 2.11. The first-order valence-corrected chi connectivity index (χ1v) is 7.31. The molecule has 0 heterocycles. The van der Waals surface area contributed by atoms with Crippen LogP contribution in [0.2, 0.25) is 0 Å². The van der Waals surface area contributed by atoms with E-state index in [-0.39, 0.29) is 0 Å². The zero-order valence-electron chi connectivity index (χ0n) is 12.3. The molecule has 2 aromatic rings. The number of benzene rings is 2. The van der Waals surface area contributed by atoms with Crippen LogP contribution in [0.1, 0.15) is 37.0 Å². The molecule has 0 fully saturated rings. The van der Waals surface area contributed by atoms with Crippen LogP contribution in [-0.4, -0.2) is 11.7 Å². The molecule has 0 spiro atoms. The van der Waals surface area contributed by atoms with Gasteiger partial charge >= 0.3 is 0 Å². The summed E-state index contributed by atoms with van der Waals surface area (Å²) in [5, 5.41) is 9.37. The Morgan fingerprint density at radius 1 is 1.10 bits per heavy atom. The third-order valence-electron chi connectivity index (χ3n) is 3.39. The normalized spacial score (nSPS) is 12.1. The van der Waals surface area contributed by atoms with E-state index in [1.807, 2.05) is 18.2 Å². The van der Waals surface area contributed by atoms with Crippen LogP contribution in [0.15, 0.2) is 48.5 Å². The number of aryl methyl sites for hydroxylation is 1. The first-order chi connectivity index (χ1) is 10.2. The van der Waals surface area contributed by atoms with Crippen LogP contribution in [0.25, 0.3) is 0 Å². The molecule has 112 valence electrons. The van der Waals surface area contributed by atoms with E-state index >= 15 is 0 Å². The molecule has 1 atom stereocenters. The molecule has 3 heteroatoms. The highest BCUT2D eigenvalue weighted by Gasteiger charge is 2.08. The summed E-state index contributed by atoms with van der Waals surface area (Å²) in [6.07, 6.45) is 2.19. The first-order valence-electron chi connectivity index (χ1n) is 7.31. The van der Waals surface area contributed by atoms with Gasteiger partial charge in [-0.25, -0.2) is 4.39 Å². The Morgan fingerprint density at radius 2 is 1.86 bits per heavy atom. The predicted octanol–water partition coefficient (Wildman–Crippen LogP) is 4.28. The zero-order chi connectivity index (χ0) is 15.1. The van der Waals surface area contributed by atoms with E-state index in [4.69, 9.17) is 4.74 Å². The van der Waals surface area contributed by atoms with Crippen LogP contribution < -0.4 is 4.74 Å². The van der Waals surface area contributed by atoms with Gasteiger partial charge < -0.3 is 9.84 Å². The molecule has 2 nitrogen and oxygen atoms in total. The van der Waals surface area contributed by atoms with Gasteiger partial charge in [-0.05, 0) is 43.9 Å². The highest BCUT2D eigenvalue weighted by molar-refractivity contribution is 5.30. The second-order valence-electron chi connectivity index (χ2n) is 5.15. The quantitative estimate of drug-likeness (QED) is 0.770. The maximum absolute atomic E-state index is 13.7. The van der Waals surface area contributed by atoms with E-state index in [0.29, 0.717) is 17.9 Å². The monoisotopic (exact) mass is 288 g/mol. The van der Waals surface area contributed by atoms with E-state index < -0.39 is 11.9 Å². The van der Waals surface area contributed by atoms with Gasteiger partial charge in [0.1, 0.15) is 11.6 Å². The van der Waals surface area contributed by atoms with Crippen molar-refractivity contribution in [2.45, 2.75) is 32.3 Å². The molecule has 0 saturated heterocycles. The highest BCUT2D eigenvalue weighted by Crippen LogP contribution is 2.21. The number of aliphatic hydroxyl groups is 1. The van der Waals surface area contributed by atoms with Crippen LogP contribution >= 0.6 is 0 Å². The summed E-state index contributed by atoms with van der Waals surface area (Å²) < 4.78 is 19.2. The van der Waals surface area contributed by atoms with Crippen LogP contribution in [0.3, 0.4) is 0 Å². The van der Waals surface area contributed by atoms with Gasteiger partial charge in [0, 0.05) is 11.6 Å². The topological polar surface area (TPSA) is 29.5 Å². The third kappa shape index (κ3) is 4.87. The lowest BCUT2D eigenvalue weighted by Crippen LogP contribution is -2.01. The molecule has 0 aliphatic carbocycles. The minimum atomic E-state index is -0.801. The molecule has 2 aromatic carbocycles. The van der Waals surface area contributed by atoms with E-state index in [1.165, 1.54) is 11.6 Å². The molecule has 1 N–H and O–H groups in total. The number of hydrogen-bond acceptors (Lipinski definition) is 2. The molecule has 21 heavy (non-hydrogen) atoms. The number of aliphatic hydroxyl groups excluding tert-OH is 1. The Balaban J connectivity index is 1.72. The van der Waals surface area contributed by atoms with Gasteiger partial charge in [-0.2, -0.15) is 0 Å². The summed E-state index contributed by atoms with van der Waals surface area (Å²) >= 11 is 0. The number of unbranched alkanes of at least 4 members (excludes halogenated alkanes) is 1. The summed E-state index contributed by atoms with van der Waals surface area (Å²) in [7, 11) is 0. The Bertz CT molecular complexity index is 552. The number of ether oxygens (including phenoxy) is 1. The molecular formula is C18H21FO2. The van der Waals surface area contributed by atoms with Crippen LogP contribution in [0, 0.1) is 5.82 Å². The molecule has 0 aliphatic heterocycles. The van der Waals surface area contributed by atoms with Crippen LogP contribution in [0.5, 0.6) is 5.75 Å². The third-order valence-corrected chi connectivity index (χ3v) is 3.39. The fraction of sp³-hybridized carbons (Fsp3) is 0.333. The first kappa shape index (κ1) is 15.5.